The van der Waals surface area contributed by atoms with E-state index in [2.05, 4.69) is 11.1 Å². The topological polar surface area (TPSA) is 46.3 Å². The third kappa shape index (κ3) is 4.63. The van der Waals surface area contributed by atoms with Crippen LogP contribution in [-0.2, 0) is 23.8 Å². The molecule has 4 aromatic rings. The van der Waals surface area contributed by atoms with Crippen LogP contribution in [0.3, 0.4) is 0 Å². The van der Waals surface area contributed by atoms with Gasteiger partial charge in [0.2, 0.25) is 11.8 Å². The Kier molecular flexibility index (Phi) is 6.35. The highest BCUT2D eigenvalue weighted by Gasteiger charge is 2.34. The molecule has 1 amide bonds. The molecule has 184 valence electrons. The number of oxazole rings is 1. The van der Waals surface area contributed by atoms with Crippen LogP contribution in [0.1, 0.15) is 39.7 Å². The summed E-state index contributed by atoms with van der Waals surface area (Å²) in [5.74, 6) is 0.491. The number of halogens is 4. The number of alkyl halides is 3. The highest BCUT2D eigenvalue weighted by atomic mass is 35.5. The lowest BCUT2D eigenvalue weighted by Crippen LogP contribution is -2.41. The zero-order valence-electron chi connectivity index (χ0n) is 19.3. The van der Waals surface area contributed by atoms with Crippen LogP contribution in [0.25, 0.3) is 11.5 Å². The number of benzene rings is 3. The van der Waals surface area contributed by atoms with Crippen molar-refractivity contribution < 1.29 is 22.4 Å². The number of hydrogen-bond acceptors (Lipinski definition) is 3. The molecule has 1 aromatic heterocycles. The minimum atomic E-state index is -4.42. The van der Waals surface area contributed by atoms with Gasteiger partial charge in [0.1, 0.15) is 5.76 Å². The molecule has 0 N–H and O–H groups in total. The van der Waals surface area contributed by atoms with Gasteiger partial charge in [-0.2, -0.15) is 13.2 Å². The van der Waals surface area contributed by atoms with E-state index < -0.39 is 11.7 Å². The van der Waals surface area contributed by atoms with Crippen LogP contribution < -0.4 is 0 Å². The summed E-state index contributed by atoms with van der Waals surface area (Å²) in [5, 5.41) is 0.583. The second kappa shape index (κ2) is 9.47. The minimum absolute atomic E-state index is 0.000905. The van der Waals surface area contributed by atoms with Gasteiger partial charge in [0.15, 0.2) is 0 Å². The Morgan fingerprint density at radius 1 is 1.03 bits per heavy atom. The van der Waals surface area contributed by atoms with E-state index in [9.17, 15) is 18.0 Å². The summed E-state index contributed by atoms with van der Waals surface area (Å²) < 4.78 is 44.4. The number of rotatable bonds is 4. The van der Waals surface area contributed by atoms with Crippen molar-refractivity contribution >= 4 is 17.5 Å². The molecule has 0 unspecified atom stereocenters. The first-order chi connectivity index (χ1) is 17.2. The van der Waals surface area contributed by atoms with Crippen LogP contribution >= 0.6 is 11.6 Å². The largest absolute Gasteiger partial charge is 0.441 e. The Balaban J connectivity index is 1.43. The van der Waals surface area contributed by atoms with E-state index in [-0.39, 0.29) is 24.3 Å². The maximum atomic E-state index is 13.6. The summed E-state index contributed by atoms with van der Waals surface area (Å²) in [4.78, 5) is 19.9. The molecule has 36 heavy (non-hydrogen) atoms. The Labute approximate surface area is 211 Å². The predicted molar refractivity (Wildman–Crippen MR) is 131 cm³/mol. The van der Waals surface area contributed by atoms with Gasteiger partial charge in [0, 0.05) is 17.1 Å². The molecule has 0 radical (unpaired) electrons. The molecule has 0 bridgehead atoms. The Morgan fingerprint density at radius 3 is 2.39 bits per heavy atom. The van der Waals surface area contributed by atoms with Crippen molar-refractivity contribution in [2.75, 3.05) is 6.54 Å². The van der Waals surface area contributed by atoms with Gasteiger partial charge < -0.3 is 9.32 Å². The molecule has 1 aliphatic rings. The number of fused-ring (bicyclic) bond motifs is 1. The fraction of sp³-hybridized carbons (Fsp3) is 0.214. The van der Waals surface area contributed by atoms with Crippen LogP contribution in [0.15, 0.2) is 77.2 Å². The predicted octanol–water partition coefficient (Wildman–Crippen LogP) is 7.04. The minimum Gasteiger partial charge on any atom is -0.441 e. The molecule has 4 nitrogen and oxygen atoms in total. The van der Waals surface area contributed by atoms with Gasteiger partial charge in [0.05, 0.1) is 23.7 Å². The van der Waals surface area contributed by atoms with E-state index >= 15 is 0 Å². The fourth-order valence-corrected chi connectivity index (χ4v) is 4.87. The lowest BCUT2D eigenvalue weighted by Gasteiger charge is -2.38. The lowest BCUT2D eigenvalue weighted by atomic mass is 9.88. The first-order valence-electron chi connectivity index (χ1n) is 11.5. The number of carbonyl (C=O) groups is 1. The number of hydrogen-bond donors (Lipinski definition) is 0. The van der Waals surface area contributed by atoms with E-state index in [0.29, 0.717) is 28.6 Å². The quantitative estimate of drug-likeness (QED) is 0.296. The van der Waals surface area contributed by atoms with E-state index in [1.807, 2.05) is 47.4 Å². The van der Waals surface area contributed by atoms with Crippen molar-refractivity contribution in [3.8, 4) is 11.5 Å². The Hall–Kier alpha value is -3.58. The number of carbonyl (C=O) groups excluding carboxylic acids is 1. The van der Waals surface area contributed by atoms with Crippen molar-refractivity contribution in [3.05, 3.63) is 112 Å². The summed E-state index contributed by atoms with van der Waals surface area (Å²) in [5.41, 5.74) is 3.17. The van der Waals surface area contributed by atoms with Gasteiger partial charge in [-0.1, -0.05) is 54.1 Å². The molecule has 0 saturated heterocycles. The van der Waals surface area contributed by atoms with Gasteiger partial charge in [-0.15, -0.1) is 0 Å². The first kappa shape index (κ1) is 24.1. The van der Waals surface area contributed by atoms with Crippen LogP contribution in [0.2, 0.25) is 5.02 Å². The average Bonchev–Trinajstić information content (AvgIpc) is 3.23. The van der Waals surface area contributed by atoms with Crippen molar-refractivity contribution in [2.24, 2.45) is 0 Å². The molecular formula is C28H22ClF3N2O2. The number of aryl methyl sites for hydroxylation is 1. The molecule has 0 aliphatic carbocycles. The summed E-state index contributed by atoms with van der Waals surface area (Å²) in [6, 6.07) is 19.8. The molecular weight excluding hydrogens is 489 g/mol. The molecule has 0 fully saturated rings. The maximum Gasteiger partial charge on any atom is 0.416 e. The maximum absolute atomic E-state index is 13.6. The molecule has 8 heteroatoms. The second-order valence-corrected chi connectivity index (χ2v) is 9.14. The van der Waals surface area contributed by atoms with E-state index in [0.717, 1.165) is 29.7 Å². The fourth-order valence-electron chi connectivity index (χ4n) is 4.63. The first-order valence-corrected chi connectivity index (χ1v) is 11.9. The third-order valence-corrected chi connectivity index (χ3v) is 6.82. The van der Waals surface area contributed by atoms with Gasteiger partial charge in [-0.05, 0) is 60.4 Å². The summed E-state index contributed by atoms with van der Waals surface area (Å²) in [6.07, 6.45) is -3.70. The highest BCUT2D eigenvalue weighted by Crippen LogP contribution is 2.38. The normalized spacial score (nSPS) is 15.6. The van der Waals surface area contributed by atoms with Crippen molar-refractivity contribution in [1.82, 2.24) is 9.88 Å². The molecule has 3 aromatic carbocycles. The third-order valence-electron chi connectivity index (χ3n) is 6.47. The zero-order chi connectivity index (χ0) is 25.4. The summed E-state index contributed by atoms with van der Waals surface area (Å²) in [7, 11) is 0. The van der Waals surface area contributed by atoms with Gasteiger partial charge in [-0.25, -0.2) is 4.98 Å². The van der Waals surface area contributed by atoms with Crippen LogP contribution in [-0.4, -0.2) is 22.3 Å². The number of amides is 1. The number of nitrogens with zero attached hydrogens (tertiary/aromatic N) is 2. The molecule has 1 atom stereocenters. The van der Waals surface area contributed by atoms with Crippen LogP contribution in [0.5, 0.6) is 0 Å². The lowest BCUT2D eigenvalue weighted by molar-refractivity contribution is -0.137. The molecule has 0 saturated carbocycles. The van der Waals surface area contributed by atoms with Crippen molar-refractivity contribution in [3.63, 3.8) is 0 Å². The Morgan fingerprint density at radius 2 is 1.69 bits per heavy atom. The Bertz CT molecular complexity index is 1410. The second-order valence-electron chi connectivity index (χ2n) is 8.73. The molecule has 0 spiro atoms. The smallest absolute Gasteiger partial charge is 0.416 e. The van der Waals surface area contributed by atoms with Gasteiger partial charge in [-0.3, -0.25) is 4.79 Å². The standard InChI is InChI=1S/C28H22ClF3N2O2/c1-17-24(33-27(36-17)19-10-12-20(13-11-19)28(30,31)32)16-25(35)34-15-14-18-6-2-3-7-21(18)26(34)22-8-4-5-9-23(22)29/h2-13,26H,14-16H2,1H3/t26-/m1/s1. The van der Waals surface area contributed by atoms with Gasteiger partial charge in [0.25, 0.3) is 0 Å². The number of aromatic nitrogens is 1. The monoisotopic (exact) mass is 510 g/mol. The van der Waals surface area contributed by atoms with E-state index in [1.54, 1.807) is 6.92 Å². The van der Waals surface area contributed by atoms with Crippen LogP contribution in [0, 0.1) is 6.92 Å². The van der Waals surface area contributed by atoms with Gasteiger partial charge >= 0.3 is 6.18 Å². The highest BCUT2D eigenvalue weighted by molar-refractivity contribution is 6.31. The SMILES string of the molecule is Cc1oc(-c2ccc(C(F)(F)F)cc2)nc1CC(=O)N1CCc2ccccc2[C@@H]1c1ccccc1Cl. The molecule has 2 heterocycles. The summed E-state index contributed by atoms with van der Waals surface area (Å²) >= 11 is 6.55. The van der Waals surface area contributed by atoms with Crippen LogP contribution in [0.4, 0.5) is 13.2 Å². The average molecular weight is 511 g/mol. The zero-order valence-corrected chi connectivity index (χ0v) is 20.1. The van der Waals surface area contributed by atoms with E-state index in [1.165, 1.54) is 17.7 Å². The molecule has 5 rings (SSSR count). The van der Waals surface area contributed by atoms with Crippen molar-refractivity contribution in [2.45, 2.75) is 32.0 Å². The molecule has 1 aliphatic heterocycles. The van der Waals surface area contributed by atoms with E-state index in [4.69, 9.17) is 16.0 Å². The van der Waals surface area contributed by atoms with Crippen molar-refractivity contribution in [1.29, 1.82) is 0 Å². The summed E-state index contributed by atoms with van der Waals surface area (Å²) in [6.45, 7) is 2.22.